The standard InChI is InChI=1S/C12H12BrNO2S/c1-8(15)17-9-6-12(16)14(7-9)11-5-3-2-4-10(11)13/h2-5,9H,6-7H2,1H3. The van der Waals surface area contributed by atoms with Gasteiger partial charge in [0.1, 0.15) is 0 Å². The van der Waals surface area contributed by atoms with Crippen molar-refractivity contribution >= 4 is 44.4 Å². The molecule has 1 aliphatic rings. The van der Waals surface area contributed by atoms with Crippen LogP contribution in [0, 0.1) is 0 Å². The van der Waals surface area contributed by atoms with Gasteiger partial charge in [-0.3, -0.25) is 9.59 Å². The molecule has 90 valence electrons. The number of thioether (sulfide) groups is 1. The third kappa shape index (κ3) is 2.90. The molecular weight excluding hydrogens is 302 g/mol. The lowest BCUT2D eigenvalue weighted by atomic mass is 10.3. The van der Waals surface area contributed by atoms with E-state index in [9.17, 15) is 9.59 Å². The lowest BCUT2D eigenvalue weighted by Gasteiger charge is -2.17. The van der Waals surface area contributed by atoms with Gasteiger partial charge in [-0.15, -0.1) is 0 Å². The van der Waals surface area contributed by atoms with Crippen molar-refractivity contribution in [3.8, 4) is 0 Å². The summed E-state index contributed by atoms with van der Waals surface area (Å²) < 4.78 is 0.904. The Labute approximate surface area is 113 Å². The van der Waals surface area contributed by atoms with E-state index < -0.39 is 0 Å². The molecule has 17 heavy (non-hydrogen) atoms. The molecule has 1 saturated heterocycles. The highest BCUT2D eigenvalue weighted by Gasteiger charge is 2.32. The quantitative estimate of drug-likeness (QED) is 0.842. The van der Waals surface area contributed by atoms with Crippen LogP contribution in [0.1, 0.15) is 13.3 Å². The topological polar surface area (TPSA) is 37.4 Å². The first-order valence-electron chi connectivity index (χ1n) is 5.30. The molecular formula is C12H12BrNO2S. The zero-order valence-electron chi connectivity index (χ0n) is 9.35. The minimum Gasteiger partial charge on any atom is -0.310 e. The predicted molar refractivity (Wildman–Crippen MR) is 73.2 cm³/mol. The van der Waals surface area contributed by atoms with Gasteiger partial charge < -0.3 is 4.90 Å². The van der Waals surface area contributed by atoms with Crippen LogP contribution in [-0.4, -0.2) is 22.8 Å². The number of anilines is 1. The van der Waals surface area contributed by atoms with Gasteiger partial charge in [0.05, 0.1) is 5.69 Å². The first-order chi connectivity index (χ1) is 8.08. The van der Waals surface area contributed by atoms with Gasteiger partial charge in [-0.25, -0.2) is 0 Å². The first kappa shape index (κ1) is 12.6. The molecule has 2 rings (SSSR count). The van der Waals surface area contributed by atoms with Crippen LogP contribution >= 0.6 is 27.7 Å². The van der Waals surface area contributed by atoms with E-state index in [4.69, 9.17) is 0 Å². The Balaban J connectivity index is 2.16. The number of carbonyl (C=O) groups is 2. The average Bonchev–Trinajstić information content (AvgIpc) is 2.59. The minimum atomic E-state index is 0.0665. The number of nitrogens with zero attached hydrogens (tertiary/aromatic N) is 1. The Kier molecular flexibility index (Phi) is 3.89. The fraction of sp³-hybridized carbons (Fsp3) is 0.333. The third-order valence-corrected chi connectivity index (χ3v) is 4.22. The van der Waals surface area contributed by atoms with E-state index in [0.29, 0.717) is 13.0 Å². The summed E-state index contributed by atoms with van der Waals surface area (Å²) in [5, 5.41) is 0.142. The lowest BCUT2D eigenvalue weighted by Crippen LogP contribution is -2.25. The zero-order valence-corrected chi connectivity index (χ0v) is 11.8. The van der Waals surface area contributed by atoms with Crippen molar-refractivity contribution in [2.75, 3.05) is 11.4 Å². The SMILES string of the molecule is CC(=O)SC1CC(=O)N(c2ccccc2Br)C1. The number of hydrogen-bond acceptors (Lipinski definition) is 3. The normalized spacial score (nSPS) is 19.8. The number of para-hydroxylation sites is 1. The summed E-state index contributed by atoms with van der Waals surface area (Å²) in [4.78, 5) is 24.7. The number of carbonyl (C=O) groups excluding carboxylic acids is 2. The molecule has 1 atom stereocenters. The van der Waals surface area contributed by atoms with E-state index in [1.165, 1.54) is 18.7 Å². The molecule has 1 aromatic rings. The van der Waals surface area contributed by atoms with Gasteiger partial charge in [0.2, 0.25) is 5.91 Å². The summed E-state index contributed by atoms with van der Waals surface area (Å²) in [6.07, 6.45) is 0.436. The van der Waals surface area contributed by atoms with Crippen LogP contribution in [-0.2, 0) is 9.59 Å². The van der Waals surface area contributed by atoms with Crippen molar-refractivity contribution in [1.82, 2.24) is 0 Å². The Morgan fingerprint density at radius 2 is 2.18 bits per heavy atom. The maximum atomic E-state index is 11.9. The maximum Gasteiger partial charge on any atom is 0.228 e. The molecule has 0 N–H and O–H groups in total. The maximum absolute atomic E-state index is 11.9. The van der Waals surface area contributed by atoms with Gasteiger partial charge in [-0.05, 0) is 28.1 Å². The Morgan fingerprint density at radius 3 is 2.82 bits per heavy atom. The molecule has 0 aliphatic carbocycles. The number of rotatable bonds is 2. The van der Waals surface area contributed by atoms with Crippen LogP contribution in [0.25, 0.3) is 0 Å². The van der Waals surface area contributed by atoms with Crippen molar-refractivity contribution in [1.29, 1.82) is 0 Å². The smallest absolute Gasteiger partial charge is 0.228 e. The van der Waals surface area contributed by atoms with Gasteiger partial charge in [-0.1, -0.05) is 23.9 Å². The summed E-state index contributed by atoms with van der Waals surface area (Å²) in [6, 6.07) is 7.63. The molecule has 0 bridgehead atoms. The second-order valence-electron chi connectivity index (χ2n) is 3.89. The van der Waals surface area contributed by atoms with E-state index in [2.05, 4.69) is 15.9 Å². The van der Waals surface area contributed by atoms with Crippen molar-refractivity contribution in [2.24, 2.45) is 0 Å². The molecule has 3 nitrogen and oxygen atoms in total. The number of benzene rings is 1. The summed E-state index contributed by atoms with van der Waals surface area (Å²) in [5.41, 5.74) is 0.879. The molecule has 1 aromatic carbocycles. The van der Waals surface area contributed by atoms with Gasteiger partial charge in [0.25, 0.3) is 0 Å². The van der Waals surface area contributed by atoms with Crippen LogP contribution in [0.5, 0.6) is 0 Å². The molecule has 1 heterocycles. The molecule has 1 fully saturated rings. The second kappa shape index (κ2) is 5.23. The molecule has 0 radical (unpaired) electrons. The molecule has 5 heteroatoms. The van der Waals surface area contributed by atoms with Crippen molar-refractivity contribution < 1.29 is 9.59 Å². The Morgan fingerprint density at radius 1 is 1.47 bits per heavy atom. The van der Waals surface area contributed by atoms with Gasteiger partial charge in [0.15, 0.2) is 5.12 Å². The molecule has 1 aliphatic heterocycles. The summed E-state index contributed by atoms with van der Waals surface area (Å²) in [5.74, 6) is 0.0793. The lowest BCUT2D eigenvalue weighted by molar-refractivity contribution is -0.117. The third-order valence-electron chi connectivity index (χ3n) is 2.57. The molecule has 0 saturated carbocycles. The Bertz CT molecular complexity index is 464. The van der Waals surface area contributed by atoms with Gasteiger partial charge >= 0.3 is 0 Å². The highest BCUT2D eigenvalue weighted by Crippen LogP contribution is 2.32. The van der Waals surface area contributed by atoms with Crippen LogP contribution in [0.3, 0.4) is 0 Å². The summed E-state index contributed by atoms with van der Waals surface area (Å²) in [6.45, 7) is 2.14. The second-order valence-corrected chi connectivity index (χ2v) is 6.22. The van der Waals surface area contributed by atoms with Crippen LogP contribution in [0.4, 0.5) is 5.69 Å². The van der Waals surface area contributed by atoms with Crippen molar-refractivity contribution in [3.05, 3.63) is 28.7 Å². The van der Waals surface area contributed by atoms with E-state index in [0.717, 1.165) is 10.2 Å². The van der Waals surface area contributed by atoms with Crippen LogP contribution in [0.2, 0.25) is 0 Å². The number of hydrogen-bond donors (Lipinski definition) is 0. The van der Waals surface area contributed by atoms with Gasteiger partial charge in [-0.2, -0.15) is 0 Å². The molecule has 1 amide bonds. The number of amides is 1. The van der Waals surface area contributed by atoms with E-state index in [1.807, 2.05) is 24.3 Å². The van der Waals surface area contributed by atoms with Crippen molar-refractivity contribution in [2.45, 2.75) is 18.6 Å². The summed E-state index contributed by atoms with van der Waals surface area (Å²) >= 11 is 4.69. The molecule has 0 spiro atoms. The average molecular weight is 314 g/mol. The first-order valence-corrected chi connectivity index (χ1v) is 6.97. The van der Waals surface area contributed by atoms with Crippen LogP contribution in [0.15, 0.2) is 28.7 Å². The fourth-order valence-corrected chi connectivity index (χ4v) is 3.31. The summed E-state index contributed by atoms with van der Waals surface area (Å²) in [7, 11) is 0. The number of halogens is 1. The largest absolute Gasteiger partial charge is 0.310 e. The monoisotopic (exact) mass is 313 g/mol. The zero-order chi connectivity index (χ0) is 12.4. The molecule has 1 unspecified atom stereocenters. The minimum absolute atomic E-state index is 0.0665. The fourth-order valence-electron chi connectivity index (χ4n) is 1.89. The highest BCUT2D eigenvalue weighted by atomic mass is 79.9. The van der Waals surface area contributed by atoms with Crippen molar-refractivity contribution in [3.63, 3.8) is 0 Å². The van der Waals surface area contributed by atoms with E-state index in [1.54, 1.807) is 4.90 Å². The van der Waals surface area contributed by atoms with Gasteiger partial charge in [0, 0.05) is 29.6 Å². The van der Waals surface area contributed by atoms with E-state index in [-0.39, 0.29) is 16.3 Å². The van der Waals surface area contributed by atoms with Crippen LogP contribution < -0.4 is 4.90 Å². The predicted octanol–water partition coefficient (Wildman–Crippen LogP) is 2.83. The highest BCUT2D eigenvalue weighted by molar-refractivity contribution is 9.10. The Hall–Kier alpha value is -0.810. The van der Waals surface area contributed by atoms with E-state index >= 15 is 0 Å². The molecule has 0 aromatic heterocycles.